The number of amidine groups is 1. The third-order valence-electron chi connectivity index (χ3n) is 7.03. The number of benzene rings is 3. The highest BCUT2D eigenvalue weighted by atomic mass is 35.5. The van der Waals surface area contributed by atoms with Crippen LogP contribution in [0.15, 0.2) is 83.9 Å². The van der Waals surface area contributed by atoms with Crippen molar-refractivity contribution in [3.63, 3.8) is 0 Å². The van der Waals surface area contributed by atoms with Crippen molar-refractivity contribution in [3.05, 3.63) is 95.0 Å². The molecule has 3 N–H and O–H groups in total. The van der Waals surface area contributed by atoms with Crippen LogP contribution >= 0.6 is 11.6 Å². The van der Waals surface area contributed by atoms with Crippen molar-refractivity contribution < 1.29 is 19.4 Å². The Morgan fingerprint density at radius 2 is 1.69 bits per heavy atom. The SMILES string of the molecule is CCOc1cc(C(C)C#N)ccc1C1=NC(C)CN1C(=O)N1CCN(CC(N)=O)CC1.Clc1ccccc1.Oc1ccccc1. The van der Waals surface area contributed by atoms with Crippen molar-refractivity contribution in [2.24, 2.45) is 10.7 Å². The van der Waals surface area contributed by atoms with Gasteiger partial charge in [0.25, 0.3) is 0 Å². The fraction of sp³-hybridized carbons (Fsp3) is 0.353. The number of nitriles is 1. The number of phenols is 1. The number of nitrogens with two attached hydrogens (primary N) is 1. The van der Waals surface area contributed by atoms with Gasteiger partial charge in [-0.3, -0.25) is 19.6 Å². The van der Waals surface area contributed by atoms with E-state index in [4.69, 9.17) is 32.2 Å². The molecule has 0 aromatic heterocycles. The van der Waals surface area contributed by atoms with Crippen molar-refractivity contribution in [1.29, 1.82) is 5.26 Å². The highest BCUT2D eigenvalue weighted by Gasteiger charge is 2.34. The Kier molecular flexibility index (Phi) is 13.7. The zero-order valence-corrected chi connectivity index (χ0v) is 26.7. The van der Waals surface area contributed by atoms with E-state index in [-0.39, 0.29) is 30.4 Å². The van der Waals surface area contributed by atoms with Crippen LogP contribution in [-0.4, -0.2) is 89.5 Å². The molecule has 1 fully saturated rings. The van der Waals surface area contributed by atoms with Crippen LogP contribution in [0.25, 0.3) is 0 Å². The molecule has 2 unspecified atom stereocenters. The van der Waals surface area contributed by atoms with Crippen LogP contribution in [0.1, 0.15) is 37.8 Å². The molecule has 0 saturated carbocycles. The Morgan fingerprint density at radius 3 is 2.18 bits per heavy atom. The second-order valence-corrected chi connectivity index (χ2v) is 11.0. The summed E-state index contributed by atoms with van der Waals surface area (Å²) in [6, 6.07) is 25.9. The Labute approximate surface area is 270 Å². The second-order valence-electron chi connectivity index (χ2n) is 10.6. The number of hydrogen-bond acceptors (Lipinski definition) is 7. The Hall–Kier alpha value is -4.59. The third-order valence-corrected chi connectivity index (χ3v) is 7.28. The molecule has 2 aliphatic rings. The average Bonchev–Trinajstić information content (AvgIpc) is 3.43. The van der Waals surface area contributed by atoms with E-state index < -0.39 is 0 Å². The highest BCUT2D eigenvalue weighted by molar-refractivity contribution is 6.30. The van der Waals surface area contributed by atoms with Crippen LogP contribution in [-0.2, 0) is 4.79 Å². The number of aromatic hydroxyl groups is 1. The number of amides is 3. The molecule has 45 heavy (non-hydrogen) atoms. The van der Waals surface area contributed by atoms with Crippen LogP contribution in [0.5, 0.6) is 11.5 Å². The summed E-state index contributed by atoms with van der Waals surface area (Å²) in [6.07, 6.45) is 0. The van der Waals surface area contributed by atoms with Gasteiger partial charge in [-0.1, -0.05) is 54.1 Å². The summed E-state index contributed by atoms with van der Waals surface area (Å²) in [6.45, 7) is 9.16. The van der Waals surface area contributed by atoms with Crippen LogP contribution < -0.4 is 10.5 Å². The fourth-order valence-corrected chi connectivity index (χ4v) is 4.87. The van der Waals surface area contributed by atoms with E-state index in [1.54, 1.807) is 34.1 Å². The number of piperazine rings is 1. The minimum Gasteiger partial charge on any atom is -0.508 e. The third kappa shape index (κ3) is 10.8. The predicted molar refractivity (Wildman–Crippen MR) is 177 cm³/mol. The van der Waals surface area contributed by atoms with E-state index in [1.807, 2.05) is 80.3 Å². The highest BCUT2D eigenvalue weighted by Crippen LogP contribution is 2.29. The minimum atomic E-state index is -0.361. The molecule has 0 spiro atoms. The number of nitrogens with zero attached hydrogens (tertiary/aromatic N) is 5. The number of primary amides is 1. The molecule has 5 rings (SSSR count). The van der Waals surface area contributed by atoms with E-state index in [9.17, 15) is 14.9 Å². The smallest absolute Gasteiger partial charge is 0.325 e. The number of aliphatic imine (C=N–C) groups is 1. The number of ether oxygens (including phenoxy) is 1. The number of carbonyl (C=O) groups is 2. The Balaban J connectivity index is 0.000000320. The van der Waals surface area contributed by atoms with Crippen molar-refractivity contribution in [1.82, 2.24) is 14.7 Å². The first-order valence-corrected chi connectivity index (χ1v) is 15.3. The summed E-state index contributed by atoms with van der Waals surface area (Å²) in [5.41, 5.74) is 6.89. The topological polar surface area (TPSA) is 135 Å². The van der Waals surface area contributed by atoms with Gasteiger partial charge in [0, 0.05) is 31.2 Å². The maximum atomic E-state index is 13.3. The standard InChI is InChI=1S/C22H30N6O3.C6H5Cl.C6H6O/c1-4-31-19-11-17(15(2)12-23)5-6-18(19)21-25-16(3)13-28(21)22(30)27-9-7-26(8-10-27)14-20(24)29;2*7-6-4-2-1-3-5-6/h5-6,11,15-16H,4,7-10,13-14H2,1-3H3,(H2,24,29);1-5H;1-5,7H. The summed E-state index contributed by atoms with van der Waals surface area (Å²) in [7, 11) is 0. The van der Waals surface area contributed by atoms with E-state index >= 15 is 0 Å². The van der Waals surface area contributed by atoms with E-state index in [1.165, 1.54) is 0 Å². The molecule has 2 atom stereocenters. The monoisotopic (exact) mass is 632 g/mol. The number of halogens is 1. The van der Waals surface area contributed by atoms with Crippen LogP contribution in [0, 0.1) is 11.3 Å². The number of urea groups is 1. The molecule has 3 aromatic rings. The van der Waals surface area contributed by atoms with Gasteiger partial charge in [0.2, 0.25) is 5.91 Å². The largest absolute Gasteiger partial charge is 0.508 e. The van der Waals surface area contributed by atoms with Crippen LogP contribution in [0.2, 0.25) is 5.02 Å². The molecule has 1 saturated heterocycles. The lowest BCUT2D eigenvalue weighted by atomic mass is 10.00. The van der Waals surface area contributed by atoms with Crippen molar-refractivity contribution in [2.45, 2.75) is 32.7 Å². The zero-order chi connectivity index (χ0) is 32.8. The average molecular weight is 633 g/mol. The summed E-state index contributed by atoms with van der Waals surface area (Å²) >= 11 is 5.54. The molecular formula is C34H41ClN6O4. The maximum absolute atomic E-state index is 13.3. The number of phenolic OH excluding ortho intramolecular Hbond substituents is 1. The zero-order valence-electron chi connectivity index (χ0n) is 26.0. The van der Waals surface area contributed by atoms with Crippen molar-refractivity contribution in [2.75, 3.05) is 45.9 Å². The minimum absolute atomic E-state index is 0.0257. The molecule has 11 heteroatoms. The maximum Gasteiger partial charge on any atom is 0.325 e. The van der Waals surface area contributed by atoms with Crippen LogP contribution in [0.3, 0.4) is 0 Å². The molecule has 0 aliphatic carbocycles. The lowest BCUT2D eigenvalue weighted by Crippen LogP contribution is -2.54. The summed E-state index contributed by atoms with van der Waals surface area (Å²) in [5.74, 6) is 0.922. The van der Waals surface area contributed by atoms with E-state index in [2.05, 4.69) is 6.07 Å². The summed E-state index contributed by atoms with van der Waals surface area (Å²) in [4.78, 5) is 34.6. The molecule has 3 aromatic carbocycles. The van der Waals surface area contributed by atoms with Gasteiger partial charge in [-0.05, 0) is 62.7 Å². The van der Waals surface area contributed by atoms with Gasteiger partial charge in [0.1, 0.15) is 17.3 Å². The normalized spacial score (nSPS) is 16.6. The van der Waals surface area contributed by atoms with Gasteiger partial charge in [-0.15, -0.1) is 0 Å². The van der Waals surface area contributed by atoms with Gasteiger partial charge in [0.05, 0.1) is 43.3 Å². The van der Waals surface area contributed by atoms with E-state index in [0.29, 0.717) is 56.7 Å². The molecule has 2 heterocycles. The number of para-hydroxylation sites is 1. The van der Waals surface area contributed by atoms with Gasteiger partial charge in [-0.25, -0.2) is 4.79 Å². The predicted octanol–water partition coefficient (Wildman–Crippen LogP) is 5.12. The van der Waals surface area contributed by atoms with Crippen molar-refractivity contribution >= 4 is 29.4 Å². The quantitative estimate of drug-likeness (QED) is 0.387. The molecule has 2 aliphatic heterocycles. The van der Waals surface area contributed by atoms with Gasteiger partial charge >= 0.3 is 6.03 Å². The van der Waals surface area contributed by atoms with Gasteiger partial charge in [-0.2, -0.15) is 5.26 Å². The first kappa shape index (κ1) is 34.9. The summed E-state index contributed by atoms with van der Waals surface area (Å²) in [5, 5.41) is 18.7. The molecule has 238 valence electrons. The van der Waals surface area contributed by atoms with Crippen LogP contribution in [0.4, 0.5) is 4.79 Å². The molecule has 0 radical (unpaired) electrons. The fourth-order valence-electron chi connectivity index (χ4n) is 4.73. The van der Waals surface area contributed by atoms with E-state index in [0.717, 1.165) is 16.1 Å². The number of rotatable bonds is 6. The first-order chi connectivity index (χ1) is 21.6. The molecule has 3 amide bonds. The molecule has 10 nitrogen and oxygen atoms in total. The Morgan fingerprint density at radius 1 is 1.07 bits per heavy atom. The second kappa shape index (κ2) is 17.6. The molecular weight excluding hydrogens is 592 g/mol. The van der Waals surface area contributed by atoms with Crippen molar-refractivity contribution in [3.8, 4) is 17.6 Å². The lowest BCUT2D eigenvalue weighted by molar-refractivity contribution is -0.119. The van der Waals surface area contributed by atoms with Gasteiger partial charge in [0.15, 0.2) is 0 Å². The lowest BCUT2D eigenvalue weighted by Gasteiger charge is -2.36. The summed E-state index contributed by atoms with van der Waals surface area (Å²) < 4.78 is 5.85. The first-order valence-electron chi connectivity index (χ1n) is 14.9. The number of hydrogen-bond donors (Lipinski definition) is 2. The van der Waals surface area contributed by atoms with Gasteiger partial charge < -0.3 is 20.5 Å². The number of carbonyl (C=O) groups excluding carboxylic acids is 2. The Bertz CT molecular complexity index is 1420. The molecule has 0 bridgehead atoms.